The molecule has 1 aromatic heterocycles. The minimum atomic E-state index is -3.29. The average molecular weight is 417 g/mol. The Morgan fingerprint density at radius 3 is 2.23 bits per heavy atom. The Morgan fingerprint density at radius 1 is 0.900 bits per heavy atom. The lowest BCUT2D eigenvalue weighted by Crippen LogP contribution is -2.13. The summed E-state index contributed by atoms with van der Waals surface area (Å²) in [6.07, 6.45) is 1.15. The van der Waals surface area contributed by atoms with Crippen LogP contribution in [0.1, 0.15) is 15.9 Å². The van der Waals surface area contributed by atoms with Gasteiger partial charge in [0.15, 0.2) is 9.84 Å². The molecule has 150 valence electrons. The summed E-state index contributed by atoms with van der Waals surface area (Å²) in [5.74, 6) is -0.283. The first-order valence-corrected chi connectivity index (χ1v) is 11.3. The fraction of sp³-hybridized carbons (Fsp3) is 0.0833. The van der Waals surface area contributed by atoms with Gasteiger partial charge >= 0.3 is 0 Å². The molecule has 30 heavy (non-hydrogen) atoms. The molecular formula is C24H20N2O3S. The van der Waals surface area contributed by atoms with E-state index < -0.39 is 9.84 Å². The number of carbonyl (C=O) groups is 1. The van der Waals surface area contributed by atoms with E-state index in [9.17, 15) is 13.2 Å². The predicted octanol–water partition coefficient (Wildman–Crippen LogP) is 4.87. The van der Waals surface area contributed by atoms with Crippen molar-refractivity contribution in [3.05, 3.63) is 90.0 Å². The highest BCUT2D eigenvalue weighted by Crippen LogP contribution is 2.26. The molecule has 0 aliphatic rings. The number of carbonyl (C=O) groups excluding carboxylic acids is 1. The Labute approximate surface area is 175 Å². The molecule has 1 heterocycles. The van der Waals surface area contributed by atoms with Crippen molar-refractivity contribution in [2.45, 2.75) is 11.8 Å². The van der Waals surface area contributed by atoms with E-state index in [2.05, 4.69) is 5.32 Å². The van der Waals surface area contributed by atoms with Crippen LogP contribution in [-0.4, -0.2) is 25.6 Å². The van der Waals surface area contributed by atoms with Gasteiger partial charge in [0.25, 0.3) is 5.91 Å². The number of rotatable bonds is 4. The van der Waals surface area contributed by atoms with E-state index in [0.29, 0.717) is 16.9 Å². The summed E-state index contributed by atoms with van der Waals surface area (Å²) >= 11 is 0. The number of amides is 1. The smallest absolute Gasteiger partial charge is 0.256 e. The zero-order valence-corrected chi connectivity index (χ0v) is 17.4. The van der Waals surface area contributed by atoms with E-state index in [1.54, 1.807) is 18.2 Å². The third-order valence-electron chi connectivity index (χ3n) is 4.85. The maximum Gasteiger partial charge on any atom is 0.256 e. The average Bonchev–Trinajstić information content (AvgIpc) is 2.73. The zero-order chi connectivity index (χ0) is 21.3. The molecule has 5 nitrogen and oxygen atoms in total. The monoisotopic (exact) mass is 416 g/mol. The minimum Gasteiger partial charge on any atom is -0.322 e. The Hall–Kier alpha value is -3.51. The maximum absolute atomic E-state index is 13.1. The van der Waals surface area contributed by atoms with Crippen molar-refractivity contribution in [2.75, 3.05) is 11.6 Å². The third kappa shape index (κ3) is 4.09. The number of fused-ring (bicyclic) bond motifs is 1. The summed E-state index contributed by atoms with van der Waals surface area (Å²) in [6.45, 7) is 2.02. The first kappa shape index (κ1) is 19.8. The highest BCUT2D eigenvalue weighted by Gasteiger charge is 2.15. The molecule has 0 radical (unpaired) electrons. The second-order valence-electron chi connectivity index (χ2n) is 7.19. The number of aromatic nitrogens is 1. The molecule has 0 aliphatic heterocycles. The molecule has 0 spiro atoms. The van der Waals surface area contributed by atoms with Crippen LogP contribution in [0.4, 0.5) is 5.69 Å². The predicted molar refractivity (Wildman–Crippen MR) is 119 cm³/mol. The largest absolute Gasteiger partial charge is 0.322 e. The lowest BCUT2D eigenvalue weighted by atomic mass is 10.0. The van der Waals surface area contributed by atoms with Crippen molar-refractivity contribution in [3.8, 4) is 11.3 Å². The number of hydrogen-bond donors (Lipinski definition) is 1. The molecule has 0 bridgehead atoms. The summed E-state index contributed by atoms with van der Waals surface area (Å²) < 4.78 is 23.3. The van der Waals surface area contributed by atoms with Crippen molar-refractivity contribution in [1.29, 1.82) is 0 Å². The summed E-state index contributed by atoms with van der Waals surface area (Å²) in [4.78, 5) is 18.0. The zero-order valence-electron chi connectivity index (χ0n) is 16.6. The molecule has 0 atom stereocenters. The van der Waals surface area contributed by atoms with E-state index >= 15 is 0 Å². The second kappa shape index (κ2) is 7.72. The highest BCUT2D eigenvalue weighted by molar-refractivity contribution is 7.90. The molecular weight excluding hydrogens is 396 g/mol. The number of hydrogen-bond acceptors (Lipinski definition) is 4. The summed E-state index contributed by atoms with van der Waals surface area (Å²) in [5, 5.41) is 3.60. The normalized spacial score (nSPS) is 11.4. The van der Waals surface area contributed by atoms with Gasteiger partial charge in [0, 0.05) is 22.9 Å². The first-order chi connectivity index (χ1) is 14.3. The fourth-order valence-corrected chi connectivity index (χ4v) is 3.85. The van der Waals surface area contributed by atoms with Crippen molar-refractivity contribution in [2.24, 2.45) is 0 Å². The molecule has 0 aliphatic carbocycles. The van der Waals surface area contributed by atoms with E-state index in [1.807, 2.05) is 55.5 Å². The van der Waals surface area contributed by atoms with Crippen LogP contribution in [-0.2, 0) is 9.84 Å². The lowest BCUT2D eigenvalue weighted by molar-refractivity contribution is 0.102. The Morgan fingerprint density at radius 2 is 1.57 bits per heavy atom. The third-order valence-corrected chi connectivity index (χ3v) is 5.98. The van der Waals surface area contributed by atoms with Gasteiger partial charge in [0.1, 0.15) is 0 Å². The van der Waals surface area contributed by atoms with Crippen LogP contribution in [0.3, 0.4) is 0 Å². The van der Waals surface area contributed by atoms with Crippen LogP contribution >= 0.6 is 0 Å². The van der Waals surface area contributed by atoms with Gasteiger partial charge in [-0.15, -0.1) is 0 Å². The number of aryl methyl sites for hydroxylation is 1. The number of para-hydroxylation sites is 1. The minimum absolute atomic E-state index is 0.205. The highest BCUT2D eigenvalue weighted by atomic mass is 32.2. The van der Waals surface area contributed by atoms with E-state index in [4.69, 9.17) is 4.98 Å². The van der Waals surface area contributed by atoms with Crippen LogP contribution in [0.2, 0.25) is 0 Å². The number of benzene rings is 3. The molecule has 4 rings (SSSR count). The van der Waals surface area contributed by atoms with Crippen LogP contribution < -0.4 is 5.32 Å². The Kier molecular flexibility index (Phi) is 5.10. The van der Waals surface area contributed by atoms with Gasteiger partial charge in [-0.05, 0) is 43.3 Å². The fourth-order valence-electron chi connectivity index (χ4n) is 3.22. The molecule has 0 saturated carbocycles. The molecule has 0 unspecified atom stereocenters. The van der Waals surface area contributed by atoms with E-state index in [0.717, 1.165) is 28.3 Å². The van der Waals surface area contributed by atoms with Crippen LogP contribution in [0.25, 0.3) is 22.2 Å². The van der Waals surface area contributed by atoms with Gasteiger partial charge in [-0.25, -0.2) is 13.4 Å². The van der Waals surface area contributed by atoms with Crippen LogP contribution in [0.15, 0.2) is 83.8 Å². The van der Waals surface area contributed by atoms with Gasteiger partial charge in [-0.1, -0.05) is 48.0 Å². The van der Waals surface area contributed by atoms with Crippen molar-refractivity contribution in [3.63, 3.8) is 0 Å². The van der Waals surface area contributed by atoms with Crippen molar-refractivity contribution >= 4 is 32.3 Å². The standard InChI is InChI=1S/C24H20N2O3S/c1-16-7-9-17(10-8-16)23-15-21(20-5-3-4-6-22(20)26-23)24(27)25-18-11-13-19(14-12-18)30(2,28)29/h3-15H,1-2H3,(H,25,27). The second-order valence-corrected chi connectivity index (χ2v) is 9.20. The van der Waals surface area contributed by atoms with Crippen molar-refractivity contribution in [1.82, 2.24) is 4.98 Å². The van der Waals surface area contributed by atoms with Gasteiger partial charge in [0.05, 0.1) is 21.7 Å². The number of sulfone groups is 1. The topological polar surface area (TPSA) is 76.1 Å². The Balaban J connectivity index is 1.73. The van der Waals surface area contributed by atoms with E-state index in [1.165, 1.54) is 12.1 Å². The molecule has 6 heteroatoms. The SMILES string of the molecule is Cc1ccc(-c2cc(C(=O)Nc3ccc(S(C)(=O)=O)cc3)c3ccccc3n2)cc1. The number of nitrogens with one attached hydrogen (secondary N) is 1. The van der Waals surface area contributed by atoms with Gasteiger partial charge in [-0.3, -0.25) is 4.79 Å². The van der Waals surface area contributed by atoms with Crippen LogP contribution in [0, 0.1) is 6.92 Å². The summed E-state index contributed by atoms with van der Waals surface area (Å²) in [7, 11) is -3.29. The van der Waals surface area contributed by atoms with Crippen molar-refractivity contribution < 1.29 is 13.2 Å². The van der Waals surface area contributed by atoms with Gasteiger partial charge < -0.3 is 5.32 Å². The molecule has 3 aromatic carbocycles. The molecule has 1 amide bonds. The lowest BCUT2D eigenvalue weighted by Gasteiger charge is -2.11. The molecule has 0 fully saturated rings. The Bertz CT molecular complexity index is 1340. The first-order valence-electron chi connectivity index (χ1n) is 9.39. The van der Waals surface area contributed by atoms with E-state index in [-0.39, 0.29) is 10.8 Å². The van der Waals surface area contributed by atoms with Gasteiger partial charge in [0.2, 0.25) is 0 Å². The van der Waals surface area contributed by atoms with Crippen LogP contribution in [0.5, 0.6) is 0 Å². The summed E-state index contributed by atoms with van der Waals surface area (Å²) in [6, 6.07) is 23.4. The molecule has 1 N–H and O–H groups in total. The molecule has 4 aromatic rings. The number of nitrogens with zero attached hydrogens (tertiary/aromatic N) is 1. The summed E-state index contributed by atoms with van der Waals surface area (Å²) in [5.41, 5.74) is 4.54. The number of pyridine rings is 1. The van der Waals surface area contributed by atoms with Gasteiger partial charge in [-0.2, -0.15) is 0 Å². The molecule has 0 saturated heterocycles. The number of anilines is 1. The maximum atomic E-state index is 13.1. The quantitative estimate of drug-likeness (QED) is 0.515.